The Hall–Kier alpha value is -1.59. The lowest BCUT2D eigenvalue weighted by Crippen LogP contribution is -2.50. The molecule has 1 heterocycles. The van der Waals surface area contributed by atoms with Gasteiger partial charge in [0, 0.05) is 6.54 Å². The van der Waals surface area contributed by atoms with Crippen LogP contribution in [0.2, 0.25) is 0 Å². The second kappa shape index (κ2) is 8.40. The quantitative estimate of drug-likeness (QED) is 0.539. The van der Waals surface area contributed by atoms with E-state index in [-0.39, 0.29) is 18.4 Å². The molecule has 26 heavy (non-hydrogen) atoms. The van der Waals surface area contributed by atoms with Gasteiger partial charge in [0.15, 0.2) is 0 Å². The van der Waals surface area contributed by atoms with Crippen molar-refractivity contribution in [3.63, 3.8) is 0 Å². The molecule has 4 amide bonds. The molecule has 2 saturated carbocycles. The Morgan fingerprint density at radius 1 is 1.15 bits per heavy atom. The van der Waals surface area contributed by atoms with Crippen molar-refractivity contribution in [1.82, 2.24) is 15.5 Å². The summed E-state index contributed by atoms with van der Waals surface area (Å²) < 4.78 is 0. The molecule has 6 nitrogen and oxygen atoms in total. The van der Waals surface area contributed by atoms with Crippen LogP contribution in [0.1, 0.15) is 77.6 Å². The lowest BCUT2D eigenvalue weighted by molar-refractivity contribution is -0.136. The van der Waals surface area contributed by atoms with Crippen LogP contribution in [-0.4, -0.2) is 41.4 Å². The maximum absolute atomic E-state index is 12.8. The Labute approximate surface area is 156 Å². The molecule has 2 aliphatic carbocycles. The molecular weight excluding hydrogens is 330 g/mol. The minimum Gasteiger partial charge on any atom is -0.355 e. The van der Waals surface area contributed by atoms with Gasteiger partial charge in [0.1, 0.15) is 12.1 Å². The van der Waals surface area contributed by atoms with Gasteiger partial charge < -0.3 is 10.6 Å². The lowest BCUT2D eigenvalue weighted by atomic mass is 9.75. The summed E-state index contributed by atoms with van der Waals surface area (Å²) in [6.45, 7) is 2.64. The van der Waals surface area contributed by atoms with Gasteiger partial charge in [0.25, 0.3) is 5.91 Å². The largest absolute Gasteiger partial charge is 0.355 e. The van der Waals surface area contributed by atoms with Crippen molar-refractivity contribution in [2.45, 2.75) is 83.1 Å². The maximum atomic E-state index is 12.8. The van der Waals surface area contributed by atoms with Gasteiger partial charge in [0.2, 0.25) is 5.91 Å². The lowest BCUT2D eigenvalue weighted by Gasteiger charge is -2.34. The molecule has 3 aliphatic rings. The van der Waals surface area contributed by atoms with E-state index >= 15 is 0 Å². The zero-order valence-electron chi connectivity index (χ0n) is 16.0. The number of carbonyl (C=O) groups is 3. The first-order valence-corrected chi connectivity index (χ1v) is 10.4. The molecule has 2 N–H and O–H groups in total. The van der Waals surface area contributed by atoms with Crippen molar-refractivity contribution in [2.75, 3.05) is 13.1 Å². The fourth-order valence-corrected chi connectivity index (χ4v) is 4.85. The van der Waals surface area contributed by atoms with Gasteiger partial charge in [-0.1, -0.05) is 39.0 Å². The third kappa shape index (κ3) is 4.21. The van der Waals surface area contributed by atoms with Crippen LogP contribution in [0.15, 0.2) is 0 Å². The van der Waals surface area contributed by atoms with Gasteiger partial charge in [-0.2, -0.15) is 0 Å². The molecule has 0 aromatic rings. The average Bonchev–Trinajstić information content (AvgIpc) is 3.23. The molecule has 0 bridgehead atoms. The van der Waals surface area contributed by atoms with E-state index in [1.165, 1.54) is 25.7 Å². The van der Waals surface area contributed by atoms with Crippen molar-refractivity contribution in [3.05, 3.63) is 0 Å². The van der Waals surface area contributed by atoms with E-state index < -0.39 is 11.6 Å². The van der Waals surface area contributed by atoms with Crippen LogP contribution in [0.25, 0.3) is 0 Å². The average molecular weight is 364 g/mol. The SMILES string of the molecule is CCC1CCC2(CC1)NC(=O)N(CC(=O)NCCCC1CCCC1)C2=O. The molecule has 3 rings (SSSR count). The first-order chi connectivity index (χ1) is 12.5. The highest BCUT2D eigenvalue weighted by Gasteiger charge is 2.52. The van der Waals surface area contributed by atoms with Crippen molar-refractivity contribution in [1.29, 1.82) is 0 Å². The summed E-state index contributed by atoms with van der Waals surface area (Å²) in [5.74, 6) is 1.01. The number of urea groups is 1. The van der Waals surface area contributed by atoms with E-state index in [1.807, 2.05) is 0 Å². The summed E-state index contributed by atoms with van der Waals surface area (Å²) in [4.78, 5) is 38.3. The first-order valence-electron chi connectivity index (χ1n) is 10.4. The standard InChI is InChI=1S/C20H33N3O3/c1-2-15-9-11-20(12-10-15)18(25)23(19(26)22-20)14-17(24)21-13-5-8-16-6-3-4-7-16/h15-16H,2-14H2,1H3,(H,21,24)(H,22,26). The molecule has 6 heteroatoms. The molecular formula is C20H33N3O3. The van der Waals surface area contributed by atoms with E-state index in [0.29, 0.717) is 25.3 Å². The van der Waals surface area contributed by atoms with Gasteiger partial charge in [0.05, 0.1) is 0 Å². The number of amides is 4. The summed E-state index contributed by atoms with van der Waals surface area (Å²) in [7, 11) is 0. The Bertz CT molecular complexity index is 534. The Morgan fingerprint density at radius 2 is 1.85 bits per heavy atom. The monoisotopic (exact) mass is 363 g/mol. The molecule has 0 aromatic carbocycles. The number of carbonyl (C=O) groups excluding carboxylic acids is 3. The third-order valence-electron chi connectivity index (χ3n) is 6.67. The van der Waals surface area contributed by atoms with Crippen molar-refractivity contribution >= 4 is 17.8 Å². The van der Waals surface area contributed by atoms with Crippen LogP contribution in [0.5, 0.6) is 0 Å². The van der Waals surface area contributed by atoms with Crippen molar-refractivity contribution in [2.24, 2.45) is 11.8 Å². The normalized spacial score (nSPS) is 29.4. The van der Waals surface area contributed by atoms with Crippen molar-refractivity contribution < 1.29 is 14.4 Å². The zero-order chi connectivity index (χ0) is 18.6. The molecule has 1 spiro atoms. The highest BCUT2D eigenvalue weighted by molar-refractivity contribution is 6.09. The molecule has 3 fully saturated rings. The van der Waals surface area contributed by atoms with Crippen LogP contribution >= 0.6 is 0 Å². The predicted molar refractivity (Wildman–Crippen MR) is 99.4 cm³/mol. The maximum Gasteiger partial charge on any atom is 0.325 e. The van der Waals surface area contributed by atoms with Crippen LogP contribution < -0.4 is 10.6 Å². The summed E-state index contributed by atoms with van der Waals surface area (Å²) in [5, 5.41) is 5.75. The van der Waals surface area contributed by atoms with Gasteiger partial charge in [-0.05, 0) is 50.4 Å². The van der Waals surface area contributed by atoms with Gasteiger partial charge in [-0.25, -0.2) is 4.79 Å². The van der Waals surface area contributed by atoms with Crippen molar-refractivity contribution in [3.8, 4) is 0 Å². The molecule has 1 saturated heterocycles. The zero-order valence-corrected chi connectivity index (χ0v) is 16.0. The highest BCUT2D eigenvalue weighted by Crippen LogP contribution is 2.37. The van der Waals surface area contributed by atoms with Crippen LogP contribution in [-0.2, 0) is 9.59 Å². The number of rotatable bonds is 7. The summed E-state index contributed by atoms with van der Waals surface area (Å²) in [6.07, 6.45) is 11.9. The number of hydrogen-bond acceptors (Lipinski definition) is 3. The Kier molecular flexibility index (Phi) is 6.20. The fourth-order valence-electron chi connectivity index (χ4n) is 4.85. The minimum absolute atomic E-state index is 0.160. The van der Waals surface area contributed by atoms with E-state index in [4.69, 9.17) is 0 Å². The molecule has 0 aromatic heterocycles. The highest BCUT2D eigenvalue weighted by atomic mass is 16.2. The van der Waals surface area contributed by atoms with E-state index in [9.17, 15) is 14.4 Å². The Balaban J connectivity index is 1.43. The third-order valence-corrected chi connectivity index (χ3v) is 6.67. The number of nitrogens with one attached hydrogen (secondary N) is 2. The smallest absolute Gasteiger partial charge is 0.325 e. The topological polar surface area (TPSA) is 78.5 Å². The van der Waals surface area contributed by atoms with Gasteiger partial charge in [-0.3, -0.25) is 14.5 Å². The number of nitrogens with zero attached hydrogens (tertiary/aromatic N) is 1. The first kappa shape index (κ1) is 19.2. The molecule has 1 aliphatic heterocycles. The molecule has 0 radical (unpaired) electrons. The van der Waals surface area contributed by atoms with Gasteiger partial charge in [-0.15, -0.1) is 0 Å². The summed E-state index contributed by atoms with van der Waals surface area (Å²) >= 11 is 0. The number of hydrogen-bond donors (Lipinski definition) is 2. The van der Waals surface area contributed by atoms with Gasteiger partial charge >= 0.3 is 6.03 Å². The van der Waals surface area contributed by atoms with Crippen LogP contribution in [0.4, 0.5) is 4.79 Å². The number of imide groups is 1. The molecule has 146 valence electrons. The fraction of sp³-hybridized carbons (Fsp3) is 0.850. The van der Waals surface area contributed by atoms with E-state index in [0.717, 1.165) is 42.9 Å². The second-order valence-electron chi connectivity index (χ2n) is 8.40. The van der Waals surface area contributed by atoms with Crippen LogP contribution in [0, 0.1) is 11.8 Å². The Morgan fingerprint density at radius 3 is 2.50 bits per heavy atom. The van der Waals surface area contributed by atoms with Crippen LogP contribution in [0.3, 0.4) is 0 Å². The summed E-state index contributed by atoms with van der Waals surface area (Å²) in [5.41, 5.74) is -0.758. The summed E-state index contributed by atoms with van der Waals surface area (Å²) in [6, 6.07) is -0.411. The molecule has 0 atom stereocenters. The van der Waals surface area contributed by atoms with E-state index in [1.54, 1.807) is 0 Å². The second-order valence-corrected chi connectivity index (χ2v) is 8.40. The minimum atomic E-state index is -0.758. The predicted octanol–water partition coefficient (Wildman–Crippen LogP) is 2.96. The van der Waals surface area contributed by atoms with E-state index in [2.05, 4.69) is 17.6 Å². The molecule has 0 unspecified atom stereocenters.